The minimum Gasteiger partial charge on any atom is -0.466 e. The zero-order valence-electron chi connectivity index (χ0n) is 60.4. The number of allylic oxidation sites excluding steroid dienone is 5. The summed E-state index contributed by atoms with van der Waals surface area (Å²) in [6.45, 7) is 4.92. The van der Waals surface area contributed by atoms with E-state index < -0.39 is 12.1 Å². The number of carbonyl (C=O) groups excluding carboxylic acids is 2. The molecule has 0 aliphatic rings. The Morgan fingerprint density at radius 2 is 0.562 bits per heavy atom. The lowest BCUT2D eigenvalue weighted by atomic mass is 10.0. The van der Waals surface area contributed by atoms with E-state index in [1.807, 2.05) is 6.08 Å². The Bertz CT molecular complexity index is 1440. The van der Waals surface area contributed by atoms with Gasteiger partial charge in [0.05, 0.1) is 25.4 Å². The zero-order chi connectivity index (χ0) is 64.2. The molecule has 0 heterocycles. The molecule has 6 nitrogen and oxygen atoms in total. The van der Waals surface area contributed by atoms with Gasteiger partial charge in [0.1, 0.15) is 0 Å². The number of hydrogen-bond acceptors (Lipinski definition) is 5. The van der Waals surface area contributed by atoms with Crippen LogP contribution < -0.4 is 5.32 Å². The van der Waals surface area contributed by atoms with Gasteiger partial charge in [-0.1, -0.05) is 416 Å². The Balaban J connectivity index is 3.30. The van der Waals surface area contributed by atoms with Crippen LogP contribution in [0.5, 0.6) is 0 Å². The molecule has 0 saturated carbocycles. The van der Waals surface area contributed by atoms with Crippen LogP contribution in [-0.4, -0.2) is 47.4 Å². The molecule has 0 radical (unpaired) electrons. The maximum Gasteiger partial charge on any atom is 0.305 e. The molecule has 3 N–H and O–H groups in total. The van der Waals surface area contributed by atoms with E-state index in [0.717, 1.165) is 51.4 Å². The molecule has 2 unspecified atom stereocenters. The summed E-state index contributed by atoms with van der Waals surface area (Å²) in [5, 5.41) is 23.2. The minimum absolute atomic E-state index is 0.0167. The van der Waals surface area contributed by atoms with Crippen molar-refractivity contribution in [2.24, 2.45) is 0 Å². The zero-order valence-corrected chi connectivity index (χ0v) is 60.4. The van der Waals surface area contributed by atoms with Gasteiger partial charge in [0.2, 0.25) is 5.91 Å². The highest BCUT2D eigenvalue weighted by atomic mass is 16.5. The van der Waals surface area contributed by atoms with E-state index in [1.54, 1.807) is 6.08 Å². The predicted molar refractivity (Wildman–Crippen MR) is 393 cm³/mol. The number of unbranched alkanes of at least 4 members (excludes halogenated alkanes) is 62. The topological polar surface area (TPSA) is 95.9 Å². The van der Waals surface area contributed by atoms with Crippen molar-refractivity contribution in [3.63, 3.8) is 0 Å². The van der Waals surface area contributed by atoms with Crippen molar-refractivity contribution in [3.8, 4) is 0 Å². The maximum atomic E-state index is 12.5. The van der Waals surface area contributed by atoms with Crippen LogP contribution in [0.15, 0.2) is 36.5 Å². The van der Waals surface area contributed by atoms with E-state index in [9.17, 15) is 19.8 Å². The Hall–Kier alpha value is -1.92. The number of hydrogen-bond donors (Lipinski definition) is 3. The van der Waals surface area contributed by atoms with Crippen molar-refractivity contribution in [2.45, 2.75) is 469 Å². The van der Waals surface area contributed by atoms with Crippen LogP contribution in [0.1, 0.15) is 457 Å². The number of aliphatic hydroxyl groups is 2. The van der Waals surface area contributed by atoms with E-state index >= 15 is 0 Å². The first kappa shape index (κ1) is 87.1. The quantitative estimate of drug-likeness (QED) is 0.0320. The molecule has 0 bridgehead atoms. The summed E-state index contributed by atoms with van der Waals surface area (Å²) in [5.41, 5.74) is 0. The van der Waals surface area contributed by atoms with Crippen LogP contribution in [0.4, 0.5) is 0 Å². The Morgan fingerprint density at radius 1 is 0.315 bits per heavy atom. The van der Waals surface area contributed by atoms with Gasteiger partial charge in [-0.3, -0.25) is 9.59 Å². The lowest BCUT2D eigenvalue weighted by Gasteiger charge is -2.20. The first-order valence-electron chi connectivity index (χ1n) is 40.8. The first-order chi connectivity index (χ1) is 44.0. The molecular weight excluding hydrogens is 1090 g/mol. The Labute approximate surface area is 557 Å². The number of esters is 1. The van der Waals surface area contributed by atoms with Crippen molar-refractivity contribution < 1.29 is 24.5 Å². The predicted octanol–water partition coefficient (Wildman–Crippen LogP) is 27.0. The van der Waals surface area contributed by atoms with E-state index in [0.29, 0.717) is 19.4 Å². The fourth-order valence-electron chi connectivity index (χ4n) is 13.0. The summed E-state index contributed by atoms with van der Waals surface area (Å²) >= 11 is 0. The molecular formula is C83H159NO5. The van der Waals surface area contributed by atoms with Crippen LogP contribution >= 0.6 is 0 Å². The van der Waals surface area contributed by atoms with E-state index in [4.69, 9.17) is 4.74 Å². The molecule has 89 heavy (non-hydrogen) atoms. The van der Waals surface area contributed by atoms with E-state index in [-0.39, 0.29) is 18.5 Å². The number of amides is 1. The lowest BCUT2D eigenvalue weighted by molar-refractivity contribution is -0.143. The smallest absolute Gasteiger partial charge is 0.305 e. The lowest BCUT2D eigenvalue weighted by Crippen LogP contribution is -2.45. The standard InChI is InChI=1S/C83H159NO5/c1-3-5-7-9-11-13-15-17-19-44-49-53-57-61-65-69-73-77-83(88)89-78-74-70-66-62-58-54-50-46-43-41-39-37-35-33-31-29-27-25-23-21-22-24-26-28-30-32-34-36-38-40-42-45-48-52-56-60-64-68-72-76-82(87)84-80(79-85)81(86)75-71-67-63-59-55-51-47-20-18-16-14-12-10-8-6-4-2/h11,13,17,19,71,75,80-81,85-86H,3-10,12,14-16,18,20-70,72-74,76-79H2,1-2H3,(H,84,87)/b13-11-,19-17-,75-71+. The van der Waals surface area contributed by atoms with Crippen molar-refractivity contribution in [3.05, 3.63) is 36.5 Å². The van der Waals surface area contributed by atoms with Gasteiger partial charge in [0, 0.05) is 12.8 Å². The molecule has 0 aromatic carbocycles. The molecule has 0 aromatic rings. The van der Waals surface area contributed by atoms with Crippen LogP contribution in [0, 0.1) is 0 Å². The fourth-order valence-corrected chi connectivity index (χ4v) is 13.0. The Kier molecular flexibility index (Phi) is 76.8. The van der Waals surface area contributed by atoms with Gasteiger partial charge >= 0.3 is 5.97 Å². The summed E-state index contributed by atoms with van der Waals surface area (Å²) in [6, 6.07) is -0.623. The molecule has 526 valence electrons. The normalized spacial score (nSPS) is 12.6. The molecule has 0 saturated heterocycles. The van der Waals surface area contributed by atoms with Gasteiger partial charge < -0.3 is 20.3 Å². The number of rotatable bonds is 77. The third-order valence-corrected chi connectivity index (χ3v) is 19.2. The molecule has 0 aliphatic carbocycles. The highest BCUT2D eigenvalue weighted by Crippen LogP contribution is 2.20. The van der Waals surface area contributed by atoms with Gasteiger partial charge in [0.25, 0.3) is 0 Å². The molecule has 0 spiro atoms. The second-order valence-corrected chi connectivity index (χ2v) is 28.1. The second-order valence-electron chi connectivity index (χ2n) is 28.1. The summed E-state index contributed by atoms with van der Waals surface area (Å²) in [5.74, 6) is -0.0418. The second kappa shape index (κ2) is 78.5. The molecule has 1 amide bonds. The minimum atomic E-state index is -0.840. The highest BCUT2D eigenvalue weighted by Gasteiger charge is 2.18. The average Bonchev–Trinajstić information content (AvgIpc) is 3.62. The third-order valence-electron chi connectivity index (χ3n) is 19.2. The summed E-state index contributed by atoms with van der Waals surface area (Å²) in [4.78, 5) is 24.6. The third kappa shape index (κ3) is 75.0. The van der Waals surface area contributed by atoms with Crippen LogP contribution in [0.25, 0.3) is 0 Å². The molecule has 0 fully saturated rings. The number of nitrogens with one attached hydrogen (secondary N) is 1. The van der Waals surface area contributed by atoms with Gasteiger partial charge in [-0.25, -0.2) is 0 Å². The van der Waals surface area contributed by atoms with Crippen molar-refractivity contribution in [1.82, 2.24) is 5.32 Å². The number of carbonyl (C=O) groups is 2. The van der Waals surface area contributed by atoms with E-state index in [1.165, 1.54) is 379 Å². The fraction of sp³-hybridized carbons (Fsp3) is 0.904. The number of aliphatic hydroxyl groups excluding tert-OH is 2. The highest BCUT2D eigenvalue weighted by molar-refractivity contribution is 5.76. The molecule has 0 aliphatic heterocycles. The van der Waals surface area contributed by atoms with Crippen LogP contribution in [-0.2, 0) is 14.3 Å². The van der Waals surface area contributed by atoms with Gasteiger partial charge in [-0.2, -0.15) is 0 Å². The molecule has 0 aromatic heterocycles. The van der Waals surface area contributed by atoms with Crippen molar-refractivity contribution in [1.29, 1.82) is 0 Å². The number of ether oxygens (including phenoxy) is 1. The van der Waals surface area contributed by atoms with E-state index in [2.05, 4.69) is 43.5 Å². The Morgan fingerprint density at radius 3 is 0.876 bits per heavy atom. The summed E-state index contributed by atoms with van der Waals surface area (Å²) < 4.78 is 5.51. The largest absolute Gasteiger partial charge is 0.466 e. The summed E-state index contributed by atoms with van der Waals surface area (Å²) in [6.07, 6.45) is 103. The first-order valence-corrected chi connectivity index (χ1v) is 40.8. The molecule has 0 rings (SSSR count). The van der Waals surface area contributed by atoms with Crippen molar-refractivity contribution in [2.75, 3.05) is 13.2 Å². The molecule has 2 atom stereocenters. The van der Waals surface area contributed by atoms with Crippen LogP contribution in [0.2, 0.25) is 0 Å². The van der Waals surface area contributed by atoms with Crippen LogP contribution in [0.3, 0.4) is 0 Å². The SMILES string of the molecule is CCCCC/C=C\C/C=C\CCCCCCCCCC(=O)OCCCCCCCCCCCCCCCCCCCCCCCCCCCCCCCCCCCCCCCCCC(=O)NC(CO)C(O)/C=C/CCCCCCCCCCCCCCCC. The maximum absolute atomic E-state index is 12.5. The van der Waals surface area contributed by atoms with Gasteiger partial charge in [-0.05, 0) is 64.2 Å². The molecule has 6 heteroatoms. The van der Waals surface area contributed by atoms with Gasteiger partial charge in [0.15, 0.2) is 0 Å². The van der Waals surface area contributed by atoms with Crippen molar-refractivity contribution >= 4 is 11.9 Å². The average molecular weight is 1250 g/mol. The van der Waals surface area contributed by atoms with Gasteiger partial charge in [-0.15, -0.1) is 0 Å². The monoisotopic (exact) mass is 1250 g/mol. The summed E-state index contributed by atoms with van der Waals surface area (Å²) in [7, 11) is 0.